The van der Waals surface area contributed by atoms with Gasteiger partial charge in [0.1, 0.15) is 12.3 Å². The lowest BCUT2D eigenvalue weighted by Gasteiger charge is -2.53. The first kappa shape index (κ1) is 24.4. The highest BCUT2D eigenvalue weighted by molar-refractivity contribution is 5.21. The van der Waals surface area contributed by atoms with Gasteiger partial charge in [-0.05, 0) is 30.9 Å². The topological polar surface area (TPSA) is 18.5 Å². The van der Waals surface area contributed by atoms with Gasteiger partial charge in [0.2, 0.25) is 0 Å². The van der Waals surface area contributed by atoms with Gasteiger partial charge in [0.25, 0.3) is 6.29 Å². The molecule has 0 radical (unpaired) electrons. The Morgan fingerprint density at radius 2 is 1.30 bits per heavy atom. The SMILES string of the molecule is CCOC(Oc1ccccc1)C(CC(C)C)(CC(C)C)[N+](C)(C)Cc1ccccc1. The van der Waals surface area contributed by atoms with Gasteiger partial charge in [-0.15, -0.1) is 0 Å². The minimum atomic E-state index is -0.326. The summed E-state index contributed by atoms with van der Waals surface area (Å²) in [4.78, 5) is 0. The fourth-order valence-corrected chi connectivity index (χ4v) is 4.74. The minimum Gasteiger partial charge on any atom is -0.458 e. The standard InChI is InChI=1S/C27H42NO2/c1-8-29-26(30-25-17-13-10-14-18-25)27(19-22(2)3,20-23(4)5)28(6,7)21-24-15-11-9-12-16-24/h9-18,22-23,26H,8,19-21H2,1-7H3/q+1. The third-order valence-corrected chi connectivity index (χ3v) is 5.89. The van der Waals surface area contributed by atoms with Gasteiger partial charge in [0, 0.05) is 25.0 Å². The van der Waals surface area contributed by atoms with Gasteiger partial charge in [-0.1, -0.05) is 76.2 Å². The van der Waals surface area contributed by atoms with Crippen LogP contribution in [-0.2, 0) is 11.3 Å². The number of rotatable bonds is 12. The number of ether oxygens (including phenoxy) is 2. The Bertz CT molecular complexity index is 715. The molecule has 3 nitrogen and oxygen atoms in total. The first-order valence-corrected chi connectivity index (χ1v) is 11.4. The number of benzene rings is 2. The quantitative estimate of drug-likeness (QED) is 0.291. The third-order valence-electron chi connectivity index (χ3n) is 5.89. The molecule has 1 atom stereocenters. The van der Waals surface area contributed by atoms with E-state index in [4.69, 9.17) is 9.47 Å². The van der Waals surface area contributed by atoms with E-state index >= 15 is 0 Å². The van der Waals surface area contributed by atoms with E-state index in [0.29, 0.717) is 18.4 Å². The summed E-state index contributed by atoms with van der Waals surface area (Å²) < 4.78 is 13.8. The predicted molar refractivity (Wildman–Crippen MR) is 126 cm³/mol. The van der Waals surface area contributed by atoms with E-state index in [-0.39, 0.29) is 11.8 Å². The van der Waals surface area contributed by atoms with Gasteiger partial charge in [-0.25, -0.2) is 0 Å². The maximum atomic E-state index is 6.61. The molecule has 0 fully saturated rings. The lowest BCUT2D eigenvalue weighted by atomic mass is 9.77. The molecule has 2 rings (SSSR count). The smallest absolute Gasteiger partial charge is 0.255 e. The van der Waals surface area contributed by atoms with Crippen molar-refractivity contribution in [3.8, 4) is 5.75 Å². The summed E-state index contributed by atoms with van der Waals surface area (Å²) in [5.41, 5.74) is 1.15. The molecule has 0 aliphatic heterocycles. The van der Waals surface area contributed by atoms with Gasteiger partial charge in [-0.3, -0.25) is 0 Å². The van der Waals surface area contributed by atoms with Crippen molar-refractivity contribution in [3.63, 3.8) is 0 Å². The van der Waals surface area contributed by atoms with Gasteiger partial charge >= 0.3 is 0 Å². The number of hydrogen-bond donors (Lipinski definition) is 0. The highest BCUT2D eigenvalue weighted by Crippen LogP contribution is 2.41. The second-order valence-corrected chi connectivity index (χ2v) is 9.85. The summed E-state index contributed by atoms with van der Waals surface area (Å²) in [5, 5.41) is 0. The van der Waals surface area contributed by atoms with E-state index in [1.165, 1.54) is 5.56 Å². The maximum Gasteiger partial charge on any atom is 0.255 e. The van der Waals surface area contributed by atoms with Crippen LogP contribution >= 0.6 is 0 Å². The second kappa shape index (κ2) is 11.0. The number of hydrogen-bond acceptors (Lipinski definition) is 2. The van der Waals surface area contributed by atoms with Crippen molar-refractivity contribution >= 4 is 0 Å². The van der Waals surface area contributed by atoms with Crippen LogP contribution in [0, 0.1) is 11.8 Å². The van der Waals surface area contributed by atoms with E-state index in [1.807, 2.05) is 30.3 Å². The molecule has 0 N–H and O–H groups in total. The Labute approximate surface area is 184 Å². The average molecular weight is 413 g/mol. The maximum absolute atomic E-state index is 6.61. The molecule has 3 heteroatoms. The first-order valence-electron chi connectivity index (χ1n) is 11.4. The van der Waals surface area contributed by atoms with Crippen molar-refractivity contribution in [2.24, 2.45) is 11.8 Å². The molecule has 0 amide bonds. The predicted octanol–water partition coefficient (Wildman–Crippen LogP) is 6.54. The van der Waals surface area contributed by atoms with Gasteiger partial charge in [-0.2, -0.15) is 0 Å². The monoisotopic (exact) mass is 412 g/mol. The van der Waals surface area contributed by atoms with Crippen molar-refractivity contribution in [1.29, 1.82) is 0 Å². The molecule has 0 heterocycles. The molecule has 0 aromatic heterocycles. The first-order chi connectivity index (χ1) is 14.2. The van der Waals surface area contributed by atoms with Crippen LogP contribution in [0.25, 0.3) is 0 Å². The Balaban J connectivity index is 2.55. The molecule has 0 saturated heterocycles. The lowest BCUT2D eigenvalue weighted by molar-refractivity contribution is -0.963. The minimum absolute atomic E-state index is 0.190. The Kier molecular flexibility index (Phi) is 8.93. The van der Waals surface area contributed by atoms with Gasteiger partial charge in [0.15, 0.2) is 5.54 Å². The van der Waals surface area contributed by atoms with Crippen molar-refractivity contribution in [2.75, 3.05) is 20.7 Å². The Hall–Kier alpha value is -1.84. The van der Waals surface area contributed by atoms with Gasteiger partial charge < -0.3 is 14.0 Å². The van der Waals surface area contributed by atoms with Crippen molar-refractivity contribution in [3.05, 3.63) is 66.2 Å². The van der Waals surface area contributed by atoms with Crippen LogP contribution in [-0.4, -0.2) is 37.0 Å². The lowest BCUT2D eigenvalue weighted by Crippen LogP contribution is -2.68. The fraction of sp³-hybridized carbons (Fsp3) is 0.556. The molecule has 0 spiro atoms. The van der Waals surface area contributed by atoms with Crippen LogP contribution in [0.1, 0.15) is 53.0 Å². The van der Waals surface area contributed by atoms with E-state index in [1.54, 1.807) is 0 Å². The number of quaternary nitrogens is 1. The molecular formula is C27H42NO2+. The largest absolute Gasteiger partial charge is 0.458 e. The summed E-state index contributed by atoms with van der Waals surface area (Å²) >= 11 is 0. The Morgan fingerprint density at radius 1 is 0.800 bits per heavy atom. The highest BCUT2D eigenvalue weighted by atomic mass is 16.7. The Morgan fingerprint density at radius 3 is 1.77 bits per heavy atom. The van der Waals surface area contributed by atoms with Crippen LogP contribution < -0.4 is 4.74 Å². The van der Waals surface area contributed by atoms with E-state index in [9.17, 15) is 0 Å². The molecule has 30 heavy (non-hydrogen) atoms. The molecule has 2 aromatic rings. The molecule has 1 unspecified atom stereocenters. The zero-order valence-electron chi connectivity index (χ0n) is 20.1. The molecular weight excluding hydrogens is 370 g/mol. The van der Waals surface area contributed by atoms with Crippen molar-refractivity contribution in [1.82, 2.24) is 0 Å². The highest BCUT2D eigenvalue weighted by Gasteiger charge is 2.54. The van der Waals surface area contributed by atoms with E-state index in [2.05, 4.69) is 79.0 Å². The summed E-state index contributed by atoms with van der Waals surface area (Å²) in [5.74, 6) is 1.92. The number of nitrogens with zero attached hydrogens (tertiary/aromatic N) is 1. The summed E-state index contributed by atoms with van der Waals surface area (Å²) in [6, 6.07) is 20.9. The second-order valence-electron chi connectivity index (χ2n) is 9.85. The number of likely N-dealkylation sites (N-methyl/N-ethyl adjacent to an activating group) is 1. The van der Waals surface area contributed by atoms with Gasteiger partial charge in [0.05, 0.1) is 14.1 Å². The molecule has 2 aromatic carbocycles. The zero-order valence-corrected chi connectivity index (χ0v) is 20.1. The molecule has 0 aliphatic carbocycles. The molecule has 0 bridgehead atoms. The average Bonchev–Trinajstić information content (AvgIpc) is 2.67. The summed E-state index contributed by atoms with van der Waals surface area (Å²) in [7, 11) is 4.69. The van der Waals surface area contributed by atoms with Crippen molar-refractivity contribution in [2.45, 2.75) is 65.8 Å². The van der Waals surface area contributed by atoms with Crippen LogP contribution in [0.3, 0.4) is 0 Å². The van der Waals surface area contributed by atoms with Crippen LogP contribution in [0.5, 0.6) is 5.75 Å². The van der Waals surface area contributed by atoms with E-state index in [0.717, 1.165) is 29.6 Å². The summed E-state index contributed by atoms with van der Waals surface area (Å²) in [6.45, 7) is 12.9. The fourth-order valence-electron chi connectivity index (χ4n) is 4.74. The summed E-state index contributed by atoms with van der Waals surface area (Å²) in [6.07, 6.45) is 1.73. The van der Waals surface area contributed by atoms with Crippen LogP contribution in [0.4, 0.5) is 0 Å². The van der Waals surface area contributed by atoms with Crippen molar-refractivity contribution < 1.29 is 14.0 Å². The number of para-hydroxylation sites is 1. The third kappa shape index (κ3) is 6.33. The van der Waals surface area contributed by atoms with E-state index < -0.39 is 0 Å². The zero-order chi connectivity index (χ0) is 22.2. The van der Waals surface area contributed by atoms with Crippen LogP contribution in [0.15, 0.2) is 60.7 Å². The molecule has 0 saturated carbocycles. The normalized spacial score (nSPS) is 13.6. The molecule has 0 aliphatic rings. The molecule has 166 valence electrons. The van der Waals surface area contributed by atoms with Crippen LogP contribution in [0.2, 0.25) is 0 Å².